The van der Waals surface area contributed by atoms with E-state index in [1.165, 1.54) is 12.8 Å². The first-order valence-corrected chi connectivity index (χ1v) is 9.03. The number of nitrogens with one attached hydrogen (secondary N) is 2. The van der Waals surface area contributed by atoms with Crippen LogP contribution in [0.1, 0.15) is 62.6 Å². The number of unbranched alkanes of at least 4 members (excludes halogenated alkanes) is 1. The summed E-state index contributed by atoms with van der Waals surface area (Å²) in [6.07, 6.45) is 7.66. The minimum Gasteiger partial charge on any atom is -0.367 e. The highest BCUT2D eigenvalue weighted by Gasteiger charge is 2.15. The van der Waals surface area contributed by atoms with Crippen LogP contribution >= 0.6 is 0 Å². The number of hydrogen-bond donors (Lipinski definition) is 2. The highest BCUT2D eigenvalue weighted by atomic mass is 15.0. The standard InChI is InChI=1S/C21H29N3/c1-4-6-12-17(10-5-2)24-21-19(14-9-15-23-21)20(22)18-13-8-7-11-16(18)3/h7-9,11,13-15,17,22H,4-6,10,12H2,1-3H3,(H,23,24). The third-order valence-electron chi connectivity index (χ3n) is 4.38. The Hall–Kier alpha value is -2.16. The molecule has 1 heterocycles. The molecule has 2 rings (SSSR count). The molecule has 3 nitrogen and oxygen atoms in total. The number of aryl methyl sites for hydroxylation is 1. The molecule has 0 aliphatic rings. The van der Waals surface area contributed by atoms with Gasteiger partial charge in [0.2, 0.25) is 0 Å². The minimum absolute atomic E-state index is 0.424. The lowest BCUT2D eigenvalue weighted by molar-refractivity contribution is 0.563. The Morgan fingerprint density at radius 1 is 1.04 bits per heavy atom. The largest absolute Gasteiger partial charge is 0.367 e. The summed E-state index contributed by atoms with van der Waals surface area (Å²) in [4.78, 5) is 4.53. The molecule has 24 heavy (non-hydrogen) atoms. The predicted molar refractivity (Wildman–Crippen MR) is 103 cm³/mol. The molecule has 3 heteroatoms. The molecule has 1 unspecified atom stereocenters. The number of anilines is 1. The average Bonchev–Trinajstić information content (AvgIpc) is 2.60. The van der Waals surface area contributed by atoms with Gasteiger partial charge in [-0.25, -0.2) is 4.98 Å². The Kier molecular flexibility index (Phi) is 6.98. The van der Waals surface area contributed by atoms with E-state index in [0.717, 1.165) is 41.8 Å². The lowest BCUT2D eigenvalue weighted by Gasteiger charge is -2.21. The number of rotatable bonds is 9. The first-order chi connectivity index (χ1) is 11.7. The molecule has 128 valence electrons. The van der Waals surface area contributed by atoms with Crippen LogP contribution in [-0.2, 0) is 0 Å². The molecular formula is C21H29N3. The summed E-state index contributed by atoms with van der Waals surface area (Å²) in [5, 5.41) is 12.3. The Morgan fingerprint density at radius 3 is 2.50 bits per heavy atom. The maximum absolute atomic E-state index is 8.66. The third-order valence-corrected chi connectivity index (χ3v) is 4.38. The van der Waals surface area contributed by atoms with Crippen LogP contribution in [0.3, 0.4) is 0 Å². The Balaban J connectivity index is 2.26. The van der Waals surface area contributed by atoms with Crippen molar-refractivity contribution in [2.45, 2.75) is 58.9 Å². The second-order valence-electron chi connectivity index (χ2n) is 6.36. The highest BCUT2D eigenvalue weighted by molar-refractivity contribution is 6.14. The zero-order valence-corrected chi connectivity index (χ0v) is 15.1. The highest BCUT2D eigenvalue weighted by Crippen LogP contribution is 2.21. The van der Waals surface area contributed by atoms with E-state index in [-0.39, 0.29) is 0 Å². The number of aromatic nitrogens is 1. The topological polar surface area (TPSA) is 48.8 Å². The van der Waals surface area contributed by atoms with Gasteiger partial charge in [-0.3, -0.25) is 5.41 Å². The van der Waals surface area contributed by atoms with Crippen molar-refractivity contribution in [3.63, 3.8) is 0 Å². The summed E-state index contributed by atoms with van der Waals surface area (Å²) in [5.41, 5.74) is 3.50. The molecule has 0 saturated heterocycles. The van der Waals surface area contributed by atoms with Crippen molar-refractivity contribution >= 4 is 11.5 Å². The Bertz CT molecular complexity index is 664. The molecule has 2 N–H and O–H groups in total. The van der Waals surface area contributed by atoms with Gasteiger partial charge >= 0.3 is 0 Å². The van der Waals surface area contributed by atoms with Gasteiger partial charge in [-0.2, -0.15) is 0 Å². The van der Waals surface area contributed by atoms with Crippen molar-refractivity contribution in [1.82, 2.24) is 4.98 Å². The molecule has 2 aromatic rings. The maximum Gasteiger partial charge on any atom is 0.135 e. The SMILES string of the molecule is CCCCC(CCC)Nc1ncccc1C(=N)c1ccccc1C. The molecule has 0 spiro atoms. The Labute approximate surface area is 146 Å². The van der Waals surface area contributed by atoms with Crippen molar-refractivity contribution in [3.8, 4) is 0 Å². The summed E-state index contributed by atoms with van der Waals surface area (Å²) in [6, 6.07) is 12.4. The summed E-state index contributed by atoms with van der Waals surface area (Å²) < 4.78 is 0. The van der Waals surface area contributed by atoms with Crippen LogP contribution in [0.25, 0.3) is 0 Å². The average molecular weight is 323 g/mol. The third kappa shape index (κ3) is 4.67. The normalized spacial score (nSPS) is 12.0. The summed E-state index contributed by atoms with van der Waals surface area (Å²) in [5.74, 6) is 0.834. The zero-order chi connectivity index (χ0) is 17.4. The van der Waals surface area contributed by atoms with Gasteiger partial charge < -0.3 is 5.32 Å². The van der Waals surface area contributed by atoms with Crippen LogP contribution in [0.5, 0.6) is 0 Å². The van der Waals surface area contributed by atoms with Gasteiger partial charge in [0.25, 0.3) is 0 Å². The summed E-state index contributed by atoms with van der Waals surface area (Å²) in [7, 11) is 0. The van der Waals surface area contributed by atoms with Crippen LogP contribution in [0.2, 0.25) is 0 Å². The molecule has 1 atom stereocenters. The van der Waals surface area contributed by atoms with Crippen molar-refractivity contribution in [3.05, 3.63) is 59.3 Å². The quantitative estimate of drug-likeness (QED) is 0.592. The molecule has 0 fully saturated rings. The molecule has 0 aliphatic heterocycles. The van der Waals surface area contributed by atoms with Crippen molar-refractivity contribution < 1.29 is 0 Å². The van der Waals surface area contributed by atoms with E-state index >= 15 is 0 Å². The lowest BCUT2D eigenvalue weighted by atomic mass is 9.98. The van der Waals surface area contributed by atoms with E-state index in [0.29, 0.717) is 11.8 Å². The second-order valence-corrected chi connectivity index (χ2v) is 6.36. The molecule has 0 amide bonds. The van der Waals surface area contributed by atoms with Gasteiger partial charge in [0.05, 0.1) is 5.71 Å². The summed E-state index contributed by atoms with van der Waals surface area (Å²) >= 11 is 0. The molecule has 1 aromatic heterocycles. The zero-order valence-electron chi connectivity index (χ0n) is 15.1. The van der Waals surface area contributed by atoms with E-state index < -0.39 is 0 Å². The van der Waals surface area contributed by atoms with Crippen LogP contribution in [0.15, 0.2) is 42.6 Å². The molecule has 0 aliphatic carbocycles. The monoisotopic (exact) mass is 323 g/mol. The minimum atomic E-state index is 0.424. The van der Waals surface area contributed by atoms with Gasteiger partial charge in [-0.15, -0.1) is 0 Å². The van der Waals surface area contributed by atoms with E-state index in [1.54, 1.807) is 6.20 Å². The smallest absolute Gasteiger partial charge is 0.135 e. The molecule has 0 radical (unpaired) electrons. The van der Waals surface area contributed by atoms with Gasteiger partial charge in [-0.1, -0.05) is 57.4 Å². The van der Waals surface area contributed by atoms with Crippen LogP contribution < -0.4 is 5.32 Å². The number of hydrogen-bond acceptors (Lipinski definition) is 3. The van der Waals surface area contributed by atoms with Gasteiger partial charge in [0.15, 0.2) is 0 Å². The first kappa shape index (κ1) is 18.2. The number of nitrogens with zero attached hydrogens (tertiary/aromatic N) is 1. The fourth-order valence-electron chi connectivity index (χ4n) is 3.00. The predicted octanol–water partition coefficient (Wildman–Crippen LogP) is 5.58. The second kappa shape index (κ2) is 9.21. The summed E-state index contributed by atoms with van der Waals surface area (Å²) in [6.45, 7) is 6.49. The number of benzene rings is 1. The number of pyridine rings is 1. The van der Waals surface area contributed by atoms with Crippen LogP contribution in [-0.4, -0.2) is 16.7 Å². The molecular weight excluding hydrogens is 294 g/mol. The van der Waals surface area contributed by atoms with Crippen molar-refractivity contribution in [2.75, 3.05) is 5.32 Å². The van der Waals surface area contributed by atoms with Gasteiger partial charge in [0.1, 0.15) is 5.82 Å². The van der Waals surface area contributed by atoms with Gasteiger partial charge in [-0.05, 0) is 37.5 Å². The first-order valence-electron chi connectivity index (χ1n) is 9.03. The Morgan fingerprint density at radius 2 is 1.79 bits per heavy atom. The van der Waals surface area contributed by atoms with E-state index in [1.807, 2.05) is 30.3 Å². The van der Waals surface area contributed by atoms with E-state index in [4.69, 9.17) is 5.41 Å². The molecule has 1 aromatic carbocycles. The fraction of sp³-hybridized carbons (Fsp3) is 0.429. The van der Waals surface area contributed by atoms with Crippen molar-refractivity contribution in [2.24, 2.45) is 0 Å². The van der Waals surface area contributed by atoms with Gasteiger partial charge in [0, 0.05) is 23.4 Å². The molecule has 0 bridgehead atoms. The van der Waals surface area contributed by atoms with E-state index in [9.17, 15) is 0 Å². The van der Waals surface area contributed by atoms with Crippen LogP contribution in [0, 0.1) is 12.3 Å². The maximum atomic E-state index is 8.66. The van der Waals surface area contributed by atoms with Crippen molar-refractivity contribution in [1.29, 1.82) is 5.41 Å². The van der Waals surface area contributed by atoms with Crippen LogP contribution in [0.4, 0.5) is 5.82 Å². The fourth-order valence-corrected chi connectivity index (χ4v) is 3.00. The lowest BCUT2D eigenvalue weighted by Crippen LogP contribution is -2.22. The molecule has 0 saturated carbocycles. The van der Waals surface area contributed by atoms with E-state index in [2.05, 4.69) is 37.1 Å².